The van der Waals surface area contributed by atoms with Gasteiger partial charge < -0.3 is 21.3 Å². The molecular weight excluding hydrogens is 224 g/mol. The Bertz CT molecular complexity index is 311. The summed E-state index contributed by atoms with van der Waals surface area (Å²) in [5.41, 5.74) is 5.00. The van der Waals surface area contributed by atoms with Crippen LogP contribution in [-0.2, 0) is 14.4 Å². The molecule has 0 aliphatic carbocycles. The topological polar surface area (TPSA) is 105 Å². The van der Waals surface area contributed by atoms with Gasteiger partial charge in [-0.2, -0.15) is 0 Å². The van der Waals surface area contributed by atoms with E-state index in [2.05, 4.69) is 10.6 Å². The van der Waals surface area contributed by atoms with Crippen molar-refractivity contribution < 1.29 is 14.4 Å². The molecule has 0 saturated carbocycles. The van der Waals surface area contributed by atoms with Crippen molar-refractivity contribution in [3.8, 4) is 0 Å². The molecule has 3 amide bonds. The molecule has 96 valence electrons. The zero-order valence-corrected chi connectivity index (χ0v) is 9.86. The van der Waals surface area contributed by atoms with Crippen LogP contribution in [0, 0.1) is 0 Å². The van der Waals surface area contributed by atoms with Gasteiger partial charge in [0, 0.05) is 19.6 Å². The first-order valence-corrected chi connectivity index (χ1v) is 5.62. The second-order valence-corrected chi connectivity index (χ2v) is 3.99. The second kappa shape index (κ2) is 6.19. The molecule has 1 aliphatic rings. The van der Waals surface area contributed by atoms with E-state index in [0.717, 1.165) is 13.0 Å². The highest BCUT2D eigenvalue weighted by Crippen LogP contribution is 1.96. The molecule has 0 aromatic carbocycles. The summed E-state index contributed by atoms with van der Waals surface area (Å²) in [6, 6.07) is -0.837. The number of carbonyl (C=O) groups excluding carboxylic acids is 3. The SMILES string of the molecule is CC(NC(=O)C(=O)N1CCCNCC1)C(N)=O. The quantitative estimate of drug-likeness (QED) is 0.478. The van der Waals surface area contributed by atoms with E-state index in [1.165, 1.54) is 11.8 Å². The van der Waals surface area contributed by atoms with Crippen LogP contribution >= 0.6 is 0 Å². The number of carbonyl (C=O) groups is 3. The summed E-state index contributed by atoms with van der Waals surface area (Å²) in [6.07, 6.45) is 0.810. The first kappa shape index (κ1) is 13.4. The first-order chi connectivity index (χ1) is 8.02. The molecule has 17 heavy (non-hydrogen) atoms. The van der Waals surface area contributed by atoms with Gasteiger partial charge in [-0.1, -0.05) is 0 Å². The maximum absolute atomic E-state index is 11.7. The molecule has 0 radical (unpaired) electrons. The summed E-state index contributed by atoms with van der Waals surface area (Å²) >= 11 is 0. The Morgan fingerprint density at radius 1 is 1.29 bits per heavy atom. The molecule has 1 saturated heterocycles. The number of primary amides is 1. The van der Waals surface area contributed by atoms with Gasteiger partial charge in [-0.25, -0.2) is 0 Å². The van der Waals surface area contributed by atoms with Crippen LogP contribution in [-0.4, -0.2) is 54.8 Å². The van der Waals surface area contributed by atoms with Crippen molar-refractivity contribution in [3.05, 3.63) is 0 Å². The van der Waals surface area contributed by atoms with Crippen molar-refractivity contribution >= 4 is 17.7 Å². The Hall–Kier alpha value is -1.63. The van der Waals surface area contributed by atoms with E-state index in [1.807, 2.05) is 0 Å². The van der Waals surface area contributed by atoms with Gasteiger partial charge in [0.25, 0.3) is 0 Å². The molecule has 0 bridgehead atoms. The lowest BCUT2D eigenvalue weighted by molar-refractivity contribution is -0.146. The van der Waals surface area contributed by atoms with Crippen LogP contribution in [0.4, 0.5) is 0 Å². The number of amides is 3. The van der Waals surface area contributed by atoms with E-state index in [1.54, 1.807) is 0 Å². The van der Waals surface area contributed by atoms with Crippen molar-refractivity contribution in [2.45, 2.75) is 19.4 Å². The fourth-order valence-electron chi connectivity index (χ4n) is 1.52. The predicted molar refractivity (Wildman–Crippen MR) is 60.9 cm³/mol. The largest absolute Gasteiger partial charge is 0.368 e. The van der Waals surface area contributed by atoms with Crippen molar-refractivity contribution in [3.63, 3.8) is 0 Å². The Kier molecular flexibility index (Phi) is 4.89. The van der Waals surface area contributed by atoms with Gasteiger partial charge >= 0.3 is 11.8 Å². The van der Waals surface area contributed by atoms with E-state index in [4.69, 9.17) is 5.73 Å². The summed E-state index contributed by atoms with van der Waals surface area (Å²) in [7, 11) is 0. The van der Waals surface area contributed by atoms with Gasteiger partial charge in [0.05, 0.1) is 0 Å². The standard InChI is InChI=1S/C10H18N4O3/c1-7(8(11)15)13-9(16)10(17)14-5-2-3-12-4-6-14/h7,12H,2-6H2,1H3,(H2,11,15)(H,13,16). The Labute approximate surface area is 99.7 Å². The molecule has 1 atom stereocenters. The summed E-state index contributed by atoms with van der Waals surface area (Å²) in [4.78, 5) is 35.5. The van der Waals surface area contributed by atoms with Crippen LogP contribution in [0.5, 0.6) is 0 Å². The molecule has 1 unspecified atom stereocenters. The monoisotopic (exact) mass is 242 g/mol. The van der Waals surface area contributed by atoms with Crippen molar-refractivity contribution in [2.75, 3.05) is 26.2 Å². The van der Waals surface area contributed by atoms with Gasteiger partial charge in [-0.15, -0.1) is 0 Å². The van der Waals surface area contributed by atoms with Crippen LogP contribution in [0.1, 0.15) is 13.3 Å². The number of rotatable bonds is 2. The Morgan fingerprint density at radius 3 is 2.65 bits per heavy atom. The lowest BCUT2D eigenvalue weighted by Crippen LogP contribution is -2.50. The van der Waals surface area contributed by atoms with E-state index in [0.29, 0.717) is 19.6 Å². The van der Waals surface area contributed by atoms with Crippen LogP contribution in [0.25, 0.3) is 0 Å². The van der Waals surface area contributed by atoms with Crippen LogP contribution in [0.2, 0.25) is 0 Å². The summed E-state index contributed by atoms with van der Waals surface area (Å²) in [6.45, 7) is 3.99. The number of nitrogens with zero attached hydrogens (tertiary/aromatic N) is 1. The fourth-order valence-corrected chi connectivity index (χ4v) is 1.52. The van der Waals surface area contributed by atoms with Gasteiger partial charge in [-0.05, 0) is 19.9 Å². The molecule has 0 aromatic rings. The molecule has 4 N–H and O–H groups in total. The van der Waals surface area contributed by atoms with E-state index in [-0.39, 0.29) is 0 Å². The molecule has 7 nitrogen and oxygen atoms in total. The Balaban J connectivity index is 2.50. The summed E-state index contributed by atoms with van der Waals surface area (Å²) in [5, 5.41) is 5.40. The van der Waals surface area contributed by atoms with Crippen LogP contribution in [0.15, 0.2) is 0 Å². The molecule has 0 aromatic heterocycles. The predicted octanol–water partition coefficient (Wildman–Crippen LogP) is -2.20. The molecule has 1 fully saturated rings. The maximum Gasteiger partial charge on any atom is 0.311 e. The molecule has 7 heteroatoms. The third-order valence-corrected chi connectivity index (χ3v) is 2.60. The minimum Gasteiger partial charge on any atom is -0.368 e. The van der Waals surface area contributed by atoms with Crippen LogP contribution < -0.4 is 16.4 Å². The van der Waals surface area contributed by atoms with Gasteiger partial charge in [0.2, 0.25) is 5.91 Å². The highest BCUT2D eigenvalue weighted by atomic mass is 16.2. The minimum absolute atomic E-state index is 0.497. The minimum atomic E-state index is -0.837. The Morgan fingerprint density at radius 2 is 2.00 bits per heavy atom. The molecule has 1 rings (SSSR count). The number of nitrogens with two attached hydrogens (primary N) is 1. The highest BCUT2D eigenvalue weighted by Gasteiger charge is 2.24. The maximum atomic E-state index is 11.7. The van der Waals surface area contributed by atoms with E-state index < -0.39 is 23.8 Å². The average molecular weight is 242 g/mol. The number of nitrogens with one attached hydrogen (secondary N) is 2. The summed E-state index contributed by atoms with van der Waals surface area (Å²) < 4.78 is 0. The first-order valence-electron chi connectivity index (χ1n) is 5.62. The lowest BCUT2D eigenvalue weighted by Gasteiger charge is -2.20. The zero-order valence-electron chi connectivity index (χ0n) is 9.86. The number of hydrogen-bond donors (Lipinski definition) is 3. The van der Waals surface area contributed by atoms with Gasteiger partial charge in [0.1, 0.15) is 6.04 Å². The average Bonchev–Trinajstić information content (AvgIpc) is 2.56. The molecule has 0 spiro atoms. The smallest absolute Gasteiger partial charge is 0.311 e. The summed E-state index contributed by atoms with van der Waals surface area (Å²) in [5.74, 6) is -2.05. The van der Waals surface area contributed by atoms with Gasteiger partial charge in [0.15, 0.2) is 0 Å². The molecule has 1 heterocycles. The van der Waals surface area contributed by atoms with Gasteiger partial charge in [-0.3, -0.25) is 14.4 Å². The normalized spacial score (nSPS) is 18.1. The van der Waals surface area contributed by atoms with Crippen molar-refractivity contribution in [1.82, 2.24) is 15.5 Å². The second-order valence-electron chi connectivity index (χ2n) is 3.99. The fraction of sp³-hybridized carbons (Fsp3) is 0.700. The molecule has 1 aliphatic heterocycles. The number of hydrogen-bond acceptors (Lipinski definition) is 4. The van der Waals surface area contributed by atoms with E-state index >= 15 is 0 Å². The van der Waals surface area contributed by atoms with E-state index in [9.17, 15) is 14.4 Å². The van der Waals surface area contributed by atoms with Crippen molar-refractivity contribution in [1.29, 1.82) is 0 Å². The third kappa shape index (κ3) is 4.03. The molecular formula is C10H18N4O3. The highest BCUT2D eigenvalue weighted by molar-refractivity contribution is 6.35. The third-order valence-electron chi connectivity index (χ3n) is 2.60. The lowest BCUT2D eigenvalue weighted by atomic mass is 10.3. The van der Waals surface area contributed by atoms with Crippen molar-refractivity contribution in [2.24, 2.45) is 5.73 Å². The zero-order chi connectivity index (χ0) is 12.8. The van der Waals surface area contributed by atoms with Crippen LogP contribution in [0.3, 0.4) is 0 Å².